The van der Waals surface area contributed by atoms with Crippen LogP contribution in [0.1, 0.15) is 30.0 Å². The smallest absolute Gasteiger partial charge is 0.0594 e. The molecule has 1 aromatic heterocycles. The van der Waals surface area contributed by atoms with Crippen molar-refractivity contribution in [1.29, 1.82) is 0 Å². The summed E-state index contributed by atoms with van der Waals surface area (Å²) in [7, 11) is 2.07. The van der Waals surface area contributed by atoms with Gasteiger partial charge in [-0.2, -0.15) is 0 Å². The lowest BCUT2D eigenvalue weighted by molar-refractivity contribution is 0.0364. The molecule has 2 aliphatic rings. The molecule has 1 fully saturated rings. The highest BCUT2D eigenvalue weighted by atomic mass is 16.5. The van der Waals surface area contributed by atoms with Crippen LogP contribution in [0, 0.1) is 0 Å². The minimum atomic E-state index is 0.563. The van der Waals surface area contributed by atoms with Crippen molar-refractivity contribution in [3.8, 4) is 0 Å². The van der Waals surface area contributed by atoms with Gasteiger partial charge >= 0.3 is 0 Å². The predicted molar refractivity (Wildman–Crippen MR) is 76.4 cm³/mol. The molecule has 106 valence electrons. The fraction of sp³-hybridized carbons (Fsp3) is 0.733. The molecule has 1 N–H and O–H groups in total. The molecule has 3 rings (SSSR count). The molecular weight excluding hydrogens is 238 g/mol. The summed E-state index contributed by atoms with van der Waals surface area (Å²) in [6, 6.07) is 0.563. The monoisotopic (exact) mass is 263 g/mol. The second kappa shape index (κ2) is 6.07. The fourth-order valence-corrected chi connectivity index (χ4v) is 3.26. The van der Waals surface area contributed by atoms with Crippen molar-refractivity contribution in [2.45, 2.75) is 31.8 Å². The van der Waals surface area contributed by atoms with Gasteiger partial charge in [-0.05, 0) is 37.4 Å². The van der Waals surface area contributed by atoms with Gasteiger partial charge in [0.05, 0.1) is 13.2 Å². The highest BCUT2D eigenvalue weighted by Gasteiger charge is 2.20. The Hall–Kier alpha value is -0.840. The van der Waals surface area contributed by atoms with Crippen molar-refractivity contribution in [3.63, 3.8) is 0 Å². The summed E-state index contributed by atoms with van der Waals surface area (Å²) >= 11 is 0. The zero-order valence-electron chi connectivity index (χ0n) is 11.9. The van der Waals surface area contributed by atoms with Crippen LogP contribution in [0.2, 0.25) is 0 Å². The molecule has 2 heterocycles. The third kappa shape index (κ3) is 3.02. The third-order valence-corrected chi connectivity index (χ3v) is 4.44. The van der Waals surface area contributed by atoms with E-state index in [2.05, 4.69) is 34.2 Å². The van der Waals surface area contributed by atoms with Crippen LogP contribution in [0.4, 0.5) is 0 Å². The first-order valence-corrected chi connectivity index (χ1v) is 7.53. The number of hydrogen-bond acceptors (Lipinski definition) is 3. The maximum atomic E-state index is 5.39. The molecule has 1 aliphatic heterocycles. The summed E-state index contributed by atoms with van der Waals surface area (Å²) in [6.07, 6.45) is 8.55. The van der Waals surface area contributed by atoms with Gasteiger partial charge in [-0.15, -0.1) is 0 Å². The third-order valence-electron chi connectivity index (χ3n) is 4.44. The van der Waals surface area contributed by atoms with Crippen molar-refractivity contribution >= 4 is 0 Å². The SMILES string of the molecule is CNC1CCCc2cn(CCN3CCOCC3)cc21. The van der Waals surface area contributed by atoms with E-state index in [9.17, 15) is 0 Å². The molecule has 1 unspecified atom stereocenters. The molecular formula is C15H25N3O. The number of aromatic nitrogens is 1. The van der Waals surface area contributed by atoms with Gasteiger partial charge in [-0.3, -0.25) is 4.90 Å². The van der Waals surface area contributed by atoms with E-state index in [1.54, 1.807) is 5.56 Å². The van der Waals surface area contributed by atoms with E-state index in [-0.39, 0.29) is 0 Å². The van der Waals surface area contributed by atoms with E-state index in [0.29, 0.717) is 6.04 Å². The fourth-order valence-electron chi connectivity index (χ4n) is 3.26. The van der Waals surface area contributed by atoms with Crippen molar-refractivity contribution < 1.29 is 4.74 Å². The van der Waals surface area contributed by atoms with Gasteiger partial charge in [-0.1, -0.05) is 0 Å². The lowest BCUT2D eigenvalue weighted by Gasteiger charge is -2.26. The van der Waals surface area contributed by atoms with Crippen molar-refractivity contribution in [3.05, 3.63) is 23.5 Å². The van der Waals surface area contributed by atoms with E-state index in [4.69, 9.17) is 4.74 Å². The van der Waals surface area contributed by atoms with Crippen LogP contribution in [0.5, 0.6) is 0 Å². The lowest BCUT2D eigenvalue weighted by Crippen LogP contribution is -2.38. The topological polar surface area (TPSA) is 29.4 Å². The van der Waals surface area contributed by atoms with Crippen LogP contribution in [-0.2, 0) is 17.7 Å². The van der Waals surface area contributed by atoms with Gasteiger partial charge < -0.3 is 14.6 Å². The molecule has 0 radical (unpaired) electrons. The second-order valence-corrected chi connectivity index (χ2v) is 5.66. The Morgan fingerprint density at radius 3 is 2.89 bits per heavy atom. The van der Waals surface area contributed by atoms with Gasteiger partial charge in [0, 0.05) is 44.6 Å². The summed E-state index contributed by atoms with van der Waals surface area (Å²) in [5.41, 5.74) is 3.07. The van der Waals surface area contributed by atoms with Crippen LogP contribution >= 0.6 is 0 Å². The van der Waals surface area contributed by atoms with Crippen LogP contribution in [0.3, 0.4) is 0 Å². The maximum absolute atomic E-state index is 5.39. The molecule has 19 heavy (non-hydrogen) atoms. The van der Waals surface area contributed by atoms with Crippen LogP contribution in [0.15, 0.2) is 12.4 Å². The summed E-state index contributed by atoms with van der Waals surface area (Å²) in [5.74, 6) is 0. The number of ether oxygens (including phenoxy) is 1. The Morgan fingerprint density at radius 2 is 2.11 bits per heavy atom. The molecule has 4 heteroatoms. The average molecular weight is 263 g/mol. The van der Waals surface area contributed by atoms with E-state index < -0.39 is 0 Å². The number of fused-ring (bicyclic) bond motifs is 1. The molecule has 0 saturated carbocycles. The average Bonchev–Trinajstić information content (AvgIpc) is 2.89. The molecule has 0 aromatic carbocycles. The van der Waals surface area contributed by atoms with E-state index in [0.717, 1.165) is 39.4 Å². The number of morpholine rings is 1. The van der Waals surface area contributed by atoms with Gasteiger partial charge in [0.2, 0.25) is 0 Å². The standard InChI is InChI=1S/C15H25N3O/c1-16-15-4-2-3-13-11-18(12-14(13)15)6-5-17-7-9-19-10-8-17/h11-12,15-16H,2-10H2,1H3. The van der Waals surface area contributed by atoms with Crippen molar-refractivity contribution in [2.75, 3.05) is 39.9 Å². The lowest BCUT2D eigenvalue weighted by atomic mass is 9.91. The quantitative estimate of drug-likeness (QED) is 0.891. The zero-order valence-corrected chi connectivity index (χ0v) is 11.9. The highest BCUT2D eigenvalue weighted by Crippen LogP contribution is 2.30. The summed E-state index contributed by atoms with van der Waals surface area (Å²) in [5, 5.41) is 3.44. The van der Waals surface area contributed by atoms with Gasteiger partial charge in [0.15, 0.2) is 0 Å². The van der Waals surface area contributed by atoms with Crippen LogP contribution in [0.25, 0.3) is 0 Å². The summed E-state index contributed by atoms with van der Waals surface area (Å²) < 4.78 is 7.77. The first-order chi connectivity index (χ1) is 9.36. The Morgan fingerprint density at radius 1 is 1.26 bits per heavy atom. The molecule has 0 amide bonds. The number of nitrogens with zero attached hydrogens (tertiary/aromatic N) is 2. The Labute approximate surface area is 115 Å². The summed E-state index contributed by atoms with van der Waals surface area (Å²) in [6.45, 7) is 6.19. The summed E-state index contributed by atoms with van der Waals surface area (Å²) in [4.78, 5) is 2.50. The first-order valence-electron chi connectivity index (χ1n) is 7.53. The number of nitrogens with one attached hydrogen (secondary N) is 1. The normalized spacial score (nSPS) is 24.4. The molecule has 1 aliphatic carbocycles. The number of hydrogen-bond donors (Lipinski definition) is 1. The molecule has 0 spiro atoms. The van der Waals surface area contributed by atoms with Crippen molar-refractivity contribution in [1.82, 2.24) is 14.8 Å². The van der Waals surface area contributed by atoms with E-state index >= 15 is 0 Å². The van der Waals surface area contributed by atoms with E-state index in [1.165, 1.54) is 24.8 Å². The minimum Gasteiger partial charge on any atom is -0.379 e. The number of aryl methyl sites for hydroxylation is 1. The Kier molecular flexibility index (Phi) is 4.21. The van der Waals surface area contributed by atoms with Crippen molar-refractivity contribution in [2.24, 2.45) is 0 Å². The Balaban J connectivity index is 1.60. The highest BCUT2D eigenvalue weighted by molar-refractivity contribution is 5.30. The van der Waals surface area contributed by atoms with Gasteiger partial charge in [0.1, 0.15) is 0 Å². The number of rotatable bonds is 4. The zero-order chi connectivity index (χ0) is 13.1. The molecule has 1 atom stereocenters. The van der Waals surface area contributed by atoms with Gasteiger partial charge in [-0.25, -0.2) is 0 Å². The predicted octanol–water partition coefficient (Wildman–Crippen LogP) is 1.42. The van der Waals surface area contributed by atoms with Gasteiger partial charge in [0.25, 0.3) is 0 Å². The largest absolute Gasteiger partial charge is 0.379 e. The Bertz CT molecular complexity index is 410. The first kappa shape index (κ1) is 13.2. The van der Waals surface area contributed by atoms with Crippen LogP contribution in [-0.4, -0.2) is 49.4 Å². The molecule has 4 nitrogen and oxygen atoms in total. The second-order valence-electron chi connectivity index (χ2n) is 5.66. The maximum Gasteiger partial charge on any atom is 0.0594 e. The van der Waals surface area contributed by atoms with Crippen LogP contribution < -0.4 is 5.32 Å². The molecule has 1 aromatic rings. The molecule has 0 bridgehead atoms. The minimum absolute atomic E-state index is 0.563. The van der Waals surface area contributed by atoms with E-state index in [1.807, 2.05) is 0 Å². The molecule has 1 saturated heterocycles.